The van der Waals surface area contributed by atoms with E-state index in [1.807, 2.05) is 72.5 Å². The Morgan fingerprint density at radius 1 is 0.815 bits per heavy atom. The number of benzene rings is 1. The van der Waals surface area contributed by atoms with Gasteiger partial charge in [0, 0.05) is 30.5 Å². The topological polar surface area (TPSA) is 128 Å². The molecular weight excluding hydrogens is 847 g/mol. The van der Waals surface area contributed by atoms with Crippen molar-refractivity contribution in [2.45, 2.75) is 110 Å². The van der Waals surface area contributed by atoms with Gasteiger partial charge in [-0.3, -0.25) is 11.1 Å². The van der Waals surface area contributed by atoms with Crippen LogP contribution in [0.1, 0.15) is 93.2 Å². The van der Waals surface area contributed by atoms with Gasteiger partial charge in [0.15, 0.2) is 6.20 Å². The minimum atomic E-state index is -4.88. The fraction of sp³-hybridized carbons (Fsp3) is 0.388. The van der Waals surface area contributed by atoms with Gasteiger partial charge in [0.2, 0.25) is 11.4 Å². The number of nitrogens with zero attached hydrogens (tertiary/aromatic N) is 4. The average Bonchev–Trinajstić information content (AvgIpc) is 3.53. The van der Waals surface area contributed by atoms with Crippen molar-refractivity contribution in [2.24, 2.45) is 11.5 Å². The largest absolute Gasteiger partial charge is 0.493 e. The van der Waals surface area contributed by atoms with Crippen LogP contribution in [0.3, 0.4) is 0 Å². The molecule has 0 saturated heterocycles. The molecule has 3 atom stereocenters. The molecule has 0 bridgehead atoms. The van der Waals surface area contributed by atoms with E-state index in [1.165, 1.54) is 0 Å². The van der Waals surface area contributed by atoms with E-state index in [9.17, 15) is 26.3 Å². The van der Waals surface area contributed by atoms with Crippen LogP contribution in [-0.2, 0) is 0 Å². The molecule has 16 heteroatoms. The molecule has 4 aromatic heterocycles. The predicted molar refractivity (Wildman–Crippen MR) is 238 cm³/mol. The SMILES string of the molecule is CCCCCCOc1cccc(OCCCCC)c1-c1cc(C2=C[C@@](N)(C(F)(F)F)N2)nc(/C(=C/C(N)C(F)(F)F)N[C@H]2[n+]3ccc(C)cc3-c3cc(C)cc(-c4cc(C)ccn4)[n+]32)c1. The first-order valence-electron chi connectivity index (χ1n) is 22.0. The van der Waals surface area contributed by atoms with Crippen LogP contribution in [0.25, 0.3) is 45.3 Å². The Bertz CT molecular complexity index is 2590. The number of aryl methyl sites for hydroxylation is 3. The van der Waals surface area contributed by atoms with Crippen molar-refractivity contribution in [2.75, 3.05) is 13.2 Å². The lowest BCUT2D eigenvalue weighted by Gasteiger charge is -2.39. The second kappa shape index (κ2) is 19.2. The van der Waals surface area contributed by atoms with Gasteiger partial charge in [-0.1, -0.05) is 52.0 Å². The van der Waals surface area contributed by atoms with E-state index in [2.05, 4.69) is 29.5 Å². The highest BCUT2D eigenvalue weighted by atomic mass is 19.4. The molecular formula is C49H56F6N8O2+2. The minimum Gasteiger partial charge on any atom is -0.493 e. The van der Waals surface area contributed by atoms with Gasteiger partial charge in [-0.15, -0.1) is 9.13 Å². The third-order valence-electron chi connectivity index (χ3n) is 11.4. The Labute approximate surface area is 375 Å². The quantitative estimate of drug-likeness (QED) is 0.0389. The summed E-state index contributed by atoms with van der Waals surface area (Å²) < 4.78 is 103. The first-order valence-corrected chi connectivity index (χ1v) is 22.0. The summed E-state index contributed by atoms with van der Waals surface area (Å²) in [6.45, 7) is 10.7. The monoisotopic (exact) mass is 902 g/mol. The van der Waals surface area contributed by atoms with Crippen LogP contribution in [0.4, 0.5) is 26.3 Å². The zero-order valence-corrected chi connectivity index (χ0v) is 37.2. The highest BCUT2D eigenvalue weighted by Gasteiger charge is 2.56. The third kappa shape index (κ3) is 10.3. The van der Waals surface area contributed by atoms with Gasteiger partial charge in [0.05, 0.1) is 41.6 Å². The van der Waals surface area contributed by atoms with Crippen LogP contribution in [0.2, 0.25) is 0 Å². The highest BCUT2D eigenvalue weighted by molar-refractivity contribution is 5.83. The molecule has 0 spiro atoms. The van der Waals surface area contributed by atoms with Gasteiger partial charge >= 0.3 is 18.6 Å². The Balaban J connectivity index is 1.45. The highest BCUT2D eigenvalue weighted by Crippen LogP contribution is 2.43. The summed E-state index contributed by atoms with van der Waals surface area (Å²) in [4.78, 5) is 9.45. The maximum atomic E-state index is 14.6. The van der Waals surface area contributed by atoms with E-state index in [-0.39, 0.29) is 22.8 Å². The normalized spacial score (nSPS) is 17.4. The van der Waals surface area contributed by atoms with Gasteiger partial charge in [-0.2, -0.15) is 26.3 Å². The minimum absolute atomic E-state index is 0.0192. The molecule has 0 radical (unpaired) electrons. The van der Waals surface area contributed by atoms with Crippen molar-refractivity contribution < 1.29 is 45.0 Å². The summed E-state index contributed by atoms with van der Waals surface area (Å²) in [5.41, 5.74) is 15.0. The molecule has 6 heterocycles. The van der Waals surface area contributed by atoms with E-state index < -0.39 is 30.3 Å². The van der Waals surface area contributed by atoms with Crippen molar-refractivity contribution in [3.05, 3.63) is 119 Å². The van der Waals surface area contributed by atoms with Gasteiger partial charge < -0.3 is 20.5 Å². The number of pyridine rings is 4. The van der Waals surface area contributed by atoms with Crippen LogP contribution < -0.4 is 40.7 Å². The lowest BCUT2D eigenvalue weighted by atomic mass is 9.95. The number of halogens is 6. The molecule has 2 aliphatic rings. The van der Waals surface area contributed by atoms with Crippen LogP contribution in [-0.4, -0.2) is 47.2 Å². The summed E-state index contributed by atoms with van der Waals surface area (Å²) in [6, 6.07) is 17.6. The third-order valence-corrected chi connectivity index (χ3v) is 11.4. The molecule has 2 aliphatic heterocycles. The van der Waals surface area contributed by atoms with Gasteiger partial charge in [0.1, 0.15) is 23.2 Å². The standard InChI is InChI=1S/C49H56F6N8O2/c1-6-8-10-12-21-65-43-15-13-14-42(64-20-11-9-7-2)45(43)33-26-34(59-35(27-33)38-29-47(57,61-38)49(53,54)55)36(28-44(56)48(50,51)52)60-46-62-19-17-31(4)23-40(62)41-25-32(5)24-39(63(41)46)37-22-30(3)16-18-58-37/h13-19,22-29,44,46,60-61H,6-12,20-21,56-57H2,1-5H3/q+2/b36-28-/t44?,46-,47-/m0/s1. The zero-order valence-electron chi connectivity index (χ0n) is 37.2. The number of hydrogen-bond donors (Lipinski definition) is 4. The molecule has 0 amide bonds. The Hall–Kier alpha value is -6.00. The van der Waals surface area contributed by atoms with Crippen LogP contribution in [0, 0.1) is 20.8 Å². The number of ether oxygens (including phenoxy) is 2. The van der Waals surface area contributed by atoms with Gasteiger partial charge in [-0.05, 0) is 104 Å². The first-order chi connectivity index (χ1) is 30.9. The zero-order chi connectivity index (χ0) is 46.7. The first kappa shape index (κ1) is 47.0. The number of nitrogens with two attached hydrogens (primary N) is 2. The molecule has 1 unspecified atom stereocenters. The summed E-state index contributed by atoms with van der Waals surface area (Å²) in [5, 5.41) is 5.70. The summed E-state index contributed by atoms with van der Waals surface area (Å²) in [7, 11) is 0. The smallest absolute Gasteiger partial charge is 0.439 e. The number of aromatic nitrogens is 4. The molecule has 0 saturated carbocycles. The molecule has 7 rings (SSSR count). The number of hydrogen-bond acceptors (Lipinski definition) is 8. The number of unbranched alkanes of at least 4 members (excludes halogenated alkanes) is 5. The molecule has 0 fully saturated rings. The van der Waals surface area contributed by atoms with E-state index in [4.69, 9.17) is 25.9 Å². The molecule has 10 nitrogen and oxygen atoms in total. The number of fused-ring (bicyclic) bond motifs is 3. The van der Waals surface area contributed by atoms with Gasteiger partial charge in [0.25, 0.3) is 11.4 Å². The van der Waals surface area contributed by atoms with Crippen LogP contribution in [0.15, 0.2) is 91.3 Å². The fourth-order valence-corrected chi connectivity index (χ4v) is 7.96. The maximum absolute atomic E-state index is 14.6. The molecule has 344 valence electrons. The lowest BCUT2D eigenvalue weighted by molar-refractivity contribution is -0.910. The van der Waals surface area contributed by atoms with Crippen molar-refractivity contribution in [3.8, 4) is 45.4 Å². The maximum Gasteiger partial charge on any atom is 0.439 e. The van der Waals surface area contributed by atoms with Gasteiger partial charge in [-0.25, -0.2) is 9.97 Å². The molecule has 65 heavy (non-hydrogen) atoms. The Morgan fingerprint density at radius 3 is 2.09 bits per heavy atom. The van der Waals surface area contributed by atoms with E-state index >= 15 is 0 Å². The number of nitrogens with one attached hydrogen (secondary N) is 2. The predicted octanol–water partition coefficient (Wildman–Crippen LogP) is 9.51. The average molecular weight is 903 g/mol. The number of rotatable bonds is 18. The van der Waals surface area contributed by atoms with Crippen LogP contribution >= 0.6 is 0 Å². The van der Waals surface area contributed by atoms with Crippen LogP contribution in [0.5, 0.6) is 11.5 Å². The fourth-order valence-electron chi connectivity index (χ4n) is 7.96. The molecule has 0 aliphatic carbocycles. The summed E-state index contributed by atoms with van der Waals surface area (Å²) in [5.74, 6) is 0.846. The lowest BCUT2D eigenvalue weighted by Crippen LogP contribution is -2.67. The van der Waals surface area contributed by atoms with Crippen molar-refractivity contribution in [3.63, 3.8) is 0 Å². The van der Waals surface area contributed by atoms with Crippen molar-refractivity contribution in [1.29, 1.82) is 0 Å². The second-order valence-electron chi connectivity index (χ2n) is 16.8. The van der Waals surface area contributed by atoms with E-state index in [0.717, 1.165) is 85.2 Å². The van der Waals surface area contributed by atoms with E-state index in [0.29, 0.717) is 47.2 Å². The summed E-state index contributed by atoms with van der Waals surface area (Å²) >= 11 is 0. The Kier molecular flexibility index (Phi) is 13.9. The molecule has 1 aromatic carbocycles. The second-order valence-corrected chi connectivity index (χ2v) is 16.8. The van der Waals surface area contributed by atoms with Crippen molar-refractivity contribution in [1.82, 2.24) is 20.6 Å². The Morgan fingerprint density at radius 2 is 1.45 bits per heavy atom. The van der Waals surface area contributed by atoms with E-state index in [1.54, 1.807) is 36.5 Å². The number of alkyl halides is 6. The molecule has 6 N–H and O–H groups in total. The van der Waals surface area contributed by atoms with Crippen molar-refractivity contribution >= 4 is 11.4 Å². The summed E-state index contributed by atoms with van der Waals surface area (Å²) in [6.07, 6.45) is 0.878. The molecule has 5 aromatic rings.